The molecule has 2 aromatic heterocycles. The molecule has 0 saturated heterocycles. The third-order valence-corrected chi connectivity index (χ3v) is 5.57. The van der Waals surface area contributed by atoms with Crippen molar-refractivity contribution in [2.24, 2.45) is 0 Å². The van der Waals surface area contributed by atoms with Crippen molar-refractivity contribution >= 4 is 11.5 Å². The second-order valence-electron chi connectivity index (χ2n) is 7.89. The summed E-state index contributed by atoms with van der Waals surface area (Å²) in [5.41, 5.74) is 6.46. The molecular weight excluding hydrogens is 399 g/mol. The first-order valence-corrected chi connectivity index (χ1v) is 11.4. The largest absolute Gasteiger partial charge is 0.385 e. The Morgan fingerprint density at radius 3 is 2.66 bits per heavy atom. The van der Waals surface area contributed by atoms with Crippen LogP contribution in [0.4, 0.5) is 15.9 Å². The van der Waals surface area contributed by atoms with Crippen LogP contribution < -0.4 is 10.2 Å². The van der Waals surface area contributed by atoms with Crippen LogP contribution in [0.15, 0.2) is 61.3 Å². The van der Waals surface area contributed by atoms with Crippen LogP contribution in [0.25, 0.3) is 11.1 Å². The van der Waals surface area contributed by atoms with E-state index < -0.39 is 0 Å². The summed E-state index contributed by atoms with van der Waals surface area (Å²) in [5.74, 6) is 0.765. The lowest BCUT2D eigenvalue weighted by molar-refractivity contribution is 0.622. The third kappa shape index (κ3) is 6.16. The van der Waals surface area contributed by atoms with Crippen LogP contribution in [-0.2, 0) is 12.8 Å². The Morgan fingerprint density at radius 2 is 1.94 bits per heavy atom. The zero-order valence-corrected chi connectivity index (χ0v) is 19.4. The fourth-order valence-corrected chi connectivity index (χ4v) is 3.72. The number of rotatable bonds is 11. The van der Waals surface area contributed by atoms with E-state index in [4.69, 9.17) is 4.98 Å². The number of aromatic nitrogens is 2. The molecule has 1 N–H and O–H groups in total. The first-order valence-electron chi connectivity index (χ1n) is 11.4. The van der Waals surface area contributed by atoms with E-state index in [1.54, 1.807) is 0 Å². The van der Waals surface area contributed by atoms with Gasteiger partial charge in [-0.15, -0.1) is 6.58 Å². The normalized spacial score (nSPS) is 10.8. The average Bonchev–Trinajstić information content (AvgIpc) is 2.80. The van der Waals surface area contributed by atoms with Gasteiger partial charge in [-0.1, -0.05) is 19.1 Å². The maximum Gasteiger partial charge on any atom is 0.129 e. The van der Waals surface area contributed by atoms with Crippen molar-refractivity contribution in [1.29, 1.82) is 0 Å². The van der Waals surface area contributed by atoms with E-state index in [9.17, 15) is 4.39 Å². The molecule has 168 valence electrons. The van der Waals surface area contributed by atoms with Crippen LogP contribution >= 0.6 is 0 Å². The maximum atomic E-state index is 13.4. The van der Waals surface area contributed by atoms with E-state index in [0.29, 0.717) is 13.0 Å². The molecule has 0 bridgehead atoms. The predicted octanol–water partition coefficient (Wildman–Crippen LogP) is 6.21. The van der Waals surface area contributed by atoms with Crippen LogP contribution in [0.1, 0.15) is 37.2 Å². The van der Waals surface area contributed by atoms with E-state index in [1.165, 1.54) is 35.0 Å². The van der Waals surface area contributed by atoms with Crippen LogP contribution in [0, 0.1) is 12.7 Å². The first kappa shape index (κ1) is 23.5. The fourth-order valence-electron chi connectivity index (χ4n) is 3.72. The number of anilines is 2. The highest BCUT2D eigenvalue weighted by Crippen LogP contribution is 2.30. The Morgan fingerprint density at radius 1 is 1.09 bits per heavy atom. The van der Waals surface area contributed by atoms with Crippen molar-refractivity contribution in [2.45, 2.75) is 40.0 Å². The monoisotopic (exact) mass is 432 g/mol. The molecule has 0 fully saturated rings. The summed E-state index contributed by atoms with van der Waals surface area (Å²) in [6.07, 6.45) is 5.94. The van der Waals surface area contributed by atoms with Gasteiger partial charge in [0, 0.05) is 49.3 Å². The first-order chi connectivity index (χ1) is 15.5. The minimum absolute atomic E-state index is 0.248. The number of nitrogens with one attached hydrogen (secondary N) is 1. The van der Waals surface area contributed by atoms with Gasteiger partial charge in [0.05, 0.1) is 0 Å². The zero-order valence-electron chi connectivity index (χ0n) is 19.4. The lowest BCUT2D eigenvalue weighted by Gasteiger charge is -2.23. The molecule has 3 aromatic rings. The van der Waals surface area contributed by atoms with Crippen molar-refractivity contribution in [3.05, 3.63) is 84.1 Å². The van der Waals surface area contributed by atoms with Gasteiger partial charge < -0.3 is 10.2 Å². The molecule has 0 unspecified atom stereocenters. The van der Waals surface area contributed by atoms with Gasteiger partial charge in [0.15, 0.2) is 0 Å². The van der Waals surface area contributed by atoms with Gasteiger partial charge in [-0.25, -0.2) is 9.37 Å². The Hall–Kier alpha value is -3.21. The average molecular weight is 433 g/mol. The van der Waals surface area contributed by atoms with Crippen LogP contribution in [0.2, 0.25) is 0 Å². The van der Waals surface area contributed by atoms with E-state index >= 15 is 0 Å². The zero-order chi connectivity index (χ0) is 22.9. The van der Waals surface area contributed by atoms with E-state index in [-0.39, 0.29) is 5.82 Å². The lowest BCUT2D eigenvalue weighted by atomic mass is 9.99. The molecule has 1 aromatic carbocycles. The molecule has 0 radical (unpaired) electrons. The molecule has 2 heterocycles. The SMILES string of the molecule is C=CCCN(CC)c1cc(-c2cc(NCCc3cc(F)ccn3)ccc2C)cc(CC)n1. The fraction of sp³-hybridized carbons (Fsp3) is 0.333. The van der Waals surface area contributed by atoms with Gasteiger partial charge in [0.2, 0.25) is 0 Å². The Kier molecular flexibility index (Phi) is 8.37. The van der Waals surface area contributed by atoms with Gasteiger partial charge in [0.1, 0.15) is 11.6 Å². The number of aryl methyl sites for hydroxylation is 2. The summed E-state index contributed by atoms with van der Waals surface area (Å²) in [5, 5.41) is 3.46. The summed E-state index contributed by atoms with van der Waals surface area (Å²) < 4.78 is 13.4. The molecule has 0 saturated carbocycles. The highest BCUT2D eigenvalue weighted by molar-refractivity contribution is 5.74. The number of hydrogen-bond acceptors (Lipinski definition) is 4. The summed E-state index contributed by atoms with van der Waals surface area (Å²) in [6.45, 7) is 12.8. The molecular formula is C27H33FN4. The molecule has 0 aliphatic heterocycles. The maximum absolute atomic E-state index is 13.4. The summed E-state index contributed by atoms with van der Waals surface area (Å²) in [6, 6.07) is 13.6. The highest BCUT2D eigenvalue weighted by atomic mass is 19.1. The molecule has 0 amide bonds. The molecule has 0 aliphatic carbocycles. The van der Waals surface area contributed by atoms with Crippen LogP contribution in [0.3, 0.4) is 0 Å². The van der Waals surface area contributed by atoms with Crippen molar-refractivity contribution in [1.82, 2.24) is 9.97 Å². The Bertz CT molecular complexity index is 1050. The highest BCUT2D eigenvalue weighted by Gasteiger charge is 2.12. The van der Waals surface area contributed by atoms with Gasteiger partial charge in [-0.3, -0.25) is 4.98 Å². The van der Waals surface area contributed by atoms with Crippen molar-refractivity contribution in [3.63, 3.8) is 0 Å². The number of halogens is 1. The second-order valence-corrected chi connectivity index (χ2v) is 7.89. The standard InChI is InChI=1S/C27H33FN4/c1-5-8-15-32(7-3)27-17-21(16-23(6-2)31-27)26-19-24(10-9-20(26)4)30-14-12-25-18-22(28)11-13-29-25/h5,9-11,13,16-19,30H,1,6-8,12,14-15H2,2-4H3. The Balaban J connectivity index is 1.83. The topological polar surface area (TPSA) is 41.0 Å². The minimum Gasteiger partial charge on any atom is -0.385 e. The summed E-state index contributed by atoms with van der Waals surface area (Å²) in [7, 11) is 0. The molecule has 0 atom stereocenters. The molecule has 4 nitrogen and oxygen atoms in total. The van der Waals surface area contributed by atoms with Crippen molar-refractivity contribution in [2.75, 3.05) is 29.9 Å². The van der Waals surface area contributed by atoms with Gasteiger partial charge in [0.25, 0.3) is 0 Å². The summed E-state index contributed by atoms with van der Waals surface area (Å²) >= 11 is 0. The van der Waals surface area contributed by atoms with Crippen molar-refractivity contribution < 1.29 is 4.39 Å². The summed E-state index contributed by atoms with van der Waals surface area (Å²) in [4.78, 5) is 11.4. The van der Waals surface area contributed by atoms with Crippen molar-refractivity contribution in [3.8, 4) is 11.1 Å². The number of pyridine rings is 2. The number of benzene rings is 1. The Labute approximate surface area is 191 Å². The molecule has 0 aliphatic rings. The quantitative estimate of drug-likeness (QED) is 0.366. The second kappa shape index (κ2) is 11.4. The van der Waals surface area contributed by atoms with Gasteiger partial charge >= 0.3 is 0 Å². The van der Waals surface area contributed by atoms with Crippen LogP contribution in [0.5, 0.6) is 0 Å². The molecule has 3 rings (SSSR count). The van der Waals surface area contributed by atoms with E-state index in [2.05, 4.69) is 72.9 Å². The number of hydrogen-bond donors (Lipinski definition) is 1. The van der Waals surface area contributed by atoms with Gasteiger partial charge in [-0.2, -0.15) is 0 Å². The smallest absolute Gasteiger partial charge is 0.129 e. The third-order valence-electron chi connectivity index (χ3n) is 5.57. The molecule has 32 heavy (non-hydrogen) atoms. The number of nitrogens with zero attached hydrogens (tertiary/aromatic N) is 3. The van der Waals surface area contributed by atoms with Gasteiger partial charge in [-0.05, 0) is 79.8 Å². The minimum atomic E-state index is -0.248. The lowest BCUT2D eigenvalue weighted by Crippen LogP contribution is -2.25. The van der Waals surface area contributed by atoms with E-state index in [1.807, 2.05) is 6.08 Å². The predicted molar refractivity (Wildman–Crippen MR) is 133 cm³/mol. The molecule has 5 heteroatoms. The van der Waals surface area contributed by atoms with Crippen LogP contribution in [-0.4, -0.2) is 29.6 Å². The van der Waals surface area contributed by atoms with E-state index in [0.717, 1.165) is 48.8 Å². The molecule has 0 spiro atoms.